The van der Waals surface area contributed by atoms with Crippen LogP contribution in [0.2, 0.25) is 0 Å². The van der Waals surface area contributed by atoms with Crippen LogP contribution in [0.3, 0.4) is 0 Å². The molecule has 0 atom stereocenters. The molecular formula is C10H10BrF3O4S. The third-order valence-electron chi connectivity index (χ3n) is 1.92. The normalized spacial score (nSPS) is 12.5. The molecule has 0 aliphatic heterocycles. The highest BCUT2D eigenvalue weighted by molar-refractivity contribution is 9.10. The number of hydrogen-bond acceptors (Lipinski definition) is 4. The maximum atomic E-state index is 12.2. The number of benzene rings is 1. The third-order valence-corrected chi connectivity index (χ3v) is 3.01. The second kappa shape index (κ2) is 6.10. The van der Waals surface area contributed by atoms with Crippen LogP contribution < -0.4 is 4.74 Å². The molecule has 9 heteroatoms. The lowest BCUT2D eigenvalue weighted by Gasteiger charge is -2.13. The molecule has 0 saturated carbocycles. The third kappa shape index (κ3) is 6.79. The van der Waals surface area contributed by atoms with Gasteiger partial charge in [0.2, 0.25) is 0 Å². The summed E-state index contributed by atoms with van der Waals surface area (Å²) in [5.74, 6) is -0.382. The standard InChI is InChI=1S/C10H10BrF3O4S/c1-19(15,16)17-5-4-7-6-8(11)2-3-9(7)18-10(12,13)14/h2-3,6H,4-5H2,1H3. The fraction of sp³-hybridized carbons (Fsp3) is 0.400. The highest BCUT2D eigenvalue weighted by atomic mass is 79.9. The topological polar surface area (TPSA) is 52.6 Å². The van der Waals surface area contributed by atoms with Gasteiger partial charge in [0.15, 0.2) is 0 Å². The lowest BCUT2D eigenvalue weighted by atomic mass is 10.1. The molecule has 1 aromatic rings. The summed E-state index contributed by atoms with van der Waals surface area (Å²) in [6.07, 6.45) is -3.97. The maximum Gasteiger partial charge on any atom is 0.573 e. The van der Waals surface area contributed by atoms with Gasteiger partial charge in [-0.15, -0.1) is 13.2 Å². The molecule has 0 saturated heterocycles. The first kappa shape index (κ1) is 16.3. The molecule has 0 radical (unpaired) electrons. The Morgan fingerprint density at radius 3 is 2.47 bits per heavy atom. The predicted octanol–water partition coefficient (Wildman–Crippen LogP) is 2.87. The quantitative estimate of drug-likeness (QED) is 0.755. The van der Waals surface area contributed by atoms with Gasteiger partial charge in [0.05, 0.1) is 12.9 Å². The smallest absolute Gasteiger partial charge is 0.406 e. The Kier molecular flexibility index (Phi) is 5.22. The van der Waals surface area contributed by atoms with Crippen molar-refractivity contribution in [2.24, 2.45) is 0 Å². The van der Waals surface area contributed by atoms with Crippen LogP contribution in [0, 0.1) is 0 Å². The highest BCUT2D eigenvalue weighted by Gasteiger charge is 2.32. The highest BCUT2D eigenvalue weighted by Crippen LogP contribution is 2.29. The van der Waals surface area contributed by atoms with Crippen LogP contribution in [-0.2, 0) is 20.7 Å². The number of alkyl halides is 3. The molecule has 0 spiro atoms. The summed E-state index contributed by atoms with van der Waals surface area (Å²) in [6, 6.07) is 3.95. The number of hydrogen-bond donors (Lipinski definition) is 0. The van der Waals surface area contributed by atoms with E-state index in [4.69, 9.17) is 0 Å². The van der Waals surface area contributed by atoms with Crippen molar-refractivity contribution in [3.8, 4) is 5.75 Å². The Balaban J connectivity index is 2.83. The molecule has 0 aromatic heterocycles. The monoisotopic (exact) mass is 362 g/mol. The summed E-state index contributed by atoms with van der Waals surface area (Å²) >= 11 is 3.11. The van der Waals surface area contributed by atoms with Crippen molar-refractivity contribution < 1.29 is 30.5 Å². The van der Waals surface area contributed by atoms with E-state index < -0.39 is 16.5 Å². The van der Waals surface area contributed by atoms with Gasteiger partial charge in [0.1, 0.15) is 5.75 Å². The molecule has 0 heterocycles. The van der Waals surface area contributed by atoms with E-state index in [-0.39, 0.29) is 24.3 Å². The molecule has 1 rings (SSSR count). The second-order valence-corrected chi connectivity index (χ2v) is 6.14. The van der Waals surface area contributed by atoms with E-state index in [0.29, 0.717) is 4.47 Å². The number of halogens is 4. The molecule has 0 amide bonds. The fourth-order valence-electron chi connectivity index (χ4n) is 1.27. The Morgan fingerprint density at radius 2 is 1.95 bits per heavy atom. The zero-order chi connectivity index (χ0) is 14.7. The zero-order valence-electron chi connectivity index (χ0n) is 9.70. The molecule has 0 unspecified atom stereocenters. The lowest BCUT2D eigenvalue weighted by molar-refractivity contribution is -0.274. The molecule has 0 aliphatic carbocycles. The molecular weight excluding hydrogens is 353 g/mol. The van der Waals surface area contributed by atoms with Crippen LogP contribution >= 0.6 is 15.9 Å². The molecule has 19 heavy (non-hydrogen) atoms. The summed E-state index contributed by atoms with van der Waals surface area (Å²) in [4.78, 5) is 0. The van der Waals surface area contributed by atoms with Crippen molar-refractivity contribution in [3.63, 3.8) is 0 Å². The van der Waals surface area contributed by atoms with E-state index >= 15 is 0 Å². The van der Waals surface area contributed by atoms with E-state index in [1.165, 1.54) is 12.1 Å². The largest absolute Gasteiger partial charge is 0.573 e. The van der Waals surface area contributed by atoms with E-state index in [9.17, 15) is 21.6 Å². The van der Waals surface area contributed by atoms with Gasteiger partial charge in [-0.3, -0.25) is 4.18 Å². The van der Waals surface area contributed by atoms with Gasteiger partial charge in [-0.05, 0) is 23.8 Å². The molecule has 0 bridgehead atoms. The van der Waals surface area contributed by atoms with Crippen LogP contribution in [0.5, 0.6) is 5.75 Å². The zero-order valence-corrected chi connectivity index (χ0v) is 12.1. The van der Waals surface area contributed by atoms with Gasteiger partial charge < -0.3 is 4.74 Å². The van der Waals surface area contributed by atoms with Crippen LogP contribution in [0.25, 0.3) is 0 Å². The Labute approximate surface area is 116 Å². The summed E-state index contributed by atoms with van der Waals surface area (Å²) in [5.41, 5.74) is 0.190. The molecule has 108 valence electrons. The summed E-state index contributed by atoms with van der Waals surface area (Å²) in [7, 11) is -3.63. The molecule has 1 aromatic carbocycles. The minimum absolute atomic E-state index is 0.0298. The van der Waals surface area contributed by atoms with Crippen molar-refractivity contribution in [3.05, 3.63) is 28.2 Å². The van der Waals surface area contributed by atoms with Crippen molar-refractivity contribution in [1.82, 2.24) is 0 Å². The lowest BCUT2D eigenvalue weighted by Crippen LogP contribution is -2.18. The molecule has 0 N–H and O–H groups in total. The average molecular weight is 363 g/mol. The summed E-state index contributed by atoms with van der Waals surface area (Å²) < 4.78 is 66.9. The first-order valence-electron chi connectivity index (χ1n) is 4.95. The van der Waals surface area contributed by atoms with E-state index in [0.717, 1.165) is 12.3 Å². The van der Waals surface area contributed by atoms with Crippen molar-refractivity contribution in [2.45, 2.75) is 12.8 Å². The van der Waals surface area contributed by atoms with Gasteiger partial charge in [0.25, 0.3) is 10.1 Å². The minimum Gasteiger partial charge on any atom is -0.406 e. The van der Waals surface area contributed by atoms with E-state index in [1.54, 1.807) is 0 Å². The summed E-state index contributed by atoms with van der Waals surface area (Å²) in [5, 5.41) is 0. The van der Waals surface area contributed by atoms with E-state index in [1.807, 2.05) is 0 Å². The SMILES string of the molecule is CS(=O)(=O)OCCc1cc(Br)ccc1OC(F)(F)F. The number of ether oxygens (including phenoxy) is 1. The van der Waals surface area contributed by atoms with Crippen LogP contribution in [0.4, 0.5) is 13.2 Å². The van der Waals surface area contributed by atoms with Crippen LogP contribution in [-0.4, -0.2) is 27.6 Å². The predicted molar refractivity (Wildman–Crippen MR) is 65.3 cm³/mol. The van der Waals surface area contributed by atoms with Gasteiger partial charge in [0, 0.05) is 10.9 Å². The van der Waals surface area contributed by atoms with Crippen molar-refractivity contribution in [2.75, 3.05) is 12.9 Å². The second-order valence-electron chi connectivity index (χ2n) is 3.58. The Morgan fingerprint density at radius 1 is 1.32 bits per heavy atom. The average Bonchev–Trinajstić information content (AvgIpc) is 2.18. The number of rotatable bonds is 5. The first-order valence-corrected chi connectivity index (χ1v) is 7.56. The minimum atomic E-state index is -4.81. The Bertz CT molecular complexity index is 542. The van der Waals surface area contributed by atoms with Crippen LogP contribution in [0.1, 0.15) is 5.56 Å². The fourth-order valence-corrected chi connectivity index (χ4v) is 2.07. The molecule has 0 aliphatic rings. The van der Waals surface area contributed by atoms with E-state index in [2.05, 4.69) is 24.8 Å². The van der Waals surface area contributed by atoms with Gasteiger partial charge in [-0.1, -0.05) is 15.9 Å². The van der Waals surface area contributed by atoms with Gasteiger partial charge >= 0.3 is 6.36 Å². The molecule has 0 fully saturated rings. The summed E-state index contributed by atoms with van der Waals surface area (Å²) in [6.45, 7) is -0.260. The first-order chi connectivity index (χ1) is 8.57. The van der Waals surface area contributed by atoms with Gasteiger partial charge in [-0.2, -0.15) is 8.42 Å². The van der Waals surface area contributed by atoms with Gasteiger partial charge in [-0.25, -0.2) is 0 Å². The Hall–Kier alpha value is -0.800. The van der Waals surface area contributed by atoms with Crippen molar-refractivity contribution >= 4 is 26.0 Å². The van der Waals surface area contributed by atoms with Crippen LogP contribution in [0.15, 0.2) is 22.7 Å². The van der Waals surface area contributed by atoms with Crippen molar-refractivity contribution in [1.29, 1.82) is 0 Å². The maximum absolute atomic E-state index is 12.2. The molecule has 4 nitrogen and oxygen atoms in total.